The third-order valence-electron chi connectivity index (χ3n) is 2.58. The number of anilines is 1. The van der Waals surface area contributed by atoms with Gasteiger partial charge in [0.1, 0.15) is 0 Å². The van der Waals surface area contributed by atoms with E-state index in [1.54, 1.807) is 0 Å². The summed E-state index contributed by atoms with van der Waals surface area (Å²) in [5.74, 6) is -0.0820. The Kier molecular flexibility index (Phi) is 3.29. The molecule has 1 aromatic carbocycles. The van der Waals surface area contributed by atoms with Gasteiger partial charge in [0.25, 0.3) is 0 Å². The van der Waals surface area contributed by atoms with Crippen LogP contribution in [0.25, 0.3) is 11.3 Å². The van der Waals surface area contributed by atoms with Gasteiger partial charge in [0.2, 0.25) is 5.82 Å². The second-order valence-electron chi connectivity index (χ2n) is 3.80. The summed E-state index contributed by atoms with van der Waals surface area (Å²) in [7, 11) is 0. The Morgan fingerprint density at radius 3 is 2.67 bits per heavy atom. The van der Waals surface area contributed by atoms with Crippen LogP contribution < -0.4 is 5.73 Å². The van der Waals surface area contributed by atoms with Gasteiger partial charge in [-0.25, -0.2) is 4.98 Å². The van der Waals surface area contributed by atoms with E-state index in [0.29, 0.717) is 10.2 Å². The number of nitrogens with two attached hydrogens (primary N) is 1. The Bertz CT molecular complexity index is 629. The molecule has 0 aliphatic carbocycles. The highest BCUT2D eigenvalue weighted by Crippen LogP contribution is 2.33. The summed E-state index contributed by atoms with van der Waals surface area (Å²) in [6.45, 7) is 1.95. The van der Waals surface area contributed by atoms with E-state index in [1.807, 2.05) is 31.2 Å². The van der Waals surface area contributed by atoms with Gasteiger partial charge in [-0.2, -0.15) is 0 Å². The zero-order valence-corrected chi connectivity index (χ0v) is 11.1. The third kappa shape index (κ3) is 2.19. The number of pyridine rings is 1. The number of rotatable bonds is 2. The molecular formula is C12H10BrN3O2. The SMILES string of the molecule is Cc1ccccc1-c1nc(N)c([N+](=O)[O-])cc1Br. The summed E-state index contributed by atoms with van der Waals surface area (Å²) in [6.07, 6.45) is 0. The fraction of sp³-hybridized carbons (Fsp3) is 0.0833. The molecule has 2 aromatic rings. The molecule has 1 aromatic heterocycles. The number of nitro groups is 1. The molecule has 0 spiro atoms. The fourth-order valence-electron chi connectivity index (χ4n) is 1.67. The molecule has 0 radical (unpaired) electrons. The Morgan fingerprint density at radius 1 is 1.39 bits per heavy atom. The van der Waals surface area contributed by atoms with Crippen molar-refractivity contribution in [3.63, 3.8) is 0 Å². The number of halogens is 1. The molecule has 0 aliphatic rings. The van der Waals surface area contributed by atoms with Gasteiger partial charge in [0.05, 0.1) is 15.1 Å². The van der Waals surface area contributed by atoms with Crippen LogP contribution in [0.5, 0.6) is 0 Å². The van der Waals surface area contributed by atoms with Crippen molar-refractivity contribution in [1.29, 1.82) is 0 Å². The predicted octanol–water partition coefficient (Wildman–Crippen LogP) is 3.31. The monoisotopic (exact) mass is 307 g/mol. The normalized spacial score (nSPS) is 10.3. The second kappa shape index (κ2) is 4.73. The summed E-state index contributed by atoms with van der Waals surface area (Å²) >= 11 is 3.30. The highest BCUT2D eigenvalue weighted by molar-refractivity contribution is 9.10. The molecule has 1 heterocycles. The van der Waals surface area contributed by atoms with E-state index >= 15 is 0 Å². The van der Waals surface area contributed by atoms with Crippen LogP contribution in [0.1, 0.15) is 5.56 Å². The molecule has 0 saturated carbocycles. The molecule has 92 valence electrons. The maximum atomic E-state index is 10.8. The van der Waals surface area contributed by atoms with Crippen molar-refractivity contribution in [3.8, 4) is 11.3 Å². The lowest BCUT2D eigenvalue weighted by Crippen LogP contribution is -2.01. The van der Waals surface area contributed by atoms with Crippen LogP contribution in [0.3, 0.4) is 0 Å². The number of nitrogen functional groups attached to an aromatic ring is 1. The van der Waals surface area contributed by atoms with E-state index in [4.69, 9.17) is 5.73 Å². The van der Waals surface area contributed by atoms with Crippen molar-refractivity contribution in [2.45, 2.75) is 6.92 Å². The average Bonchev–Trinajstić information content (AvgIpc) is 2.32. The summed E-state index contributed by atoms with van der Waals surface area (Å²) < 4.78 is 0.553. The summed E-state index contributed by atoms with van der Waals surface area (Å²) in [6, 6.07) is 9.02. The first-order valence-corrected chi connectivity index (χ1v) is 5.96. The molecule has 0 aliphatic heterocycles. The Balaban J connectivity index is 2.64. The highest BCUT2D eigenvalue weighted by Gasteiger charge is 2.18. The molecular weight excluding hydrogens is 298 g/mol. The first-order valence-electron chi connectivity index (χ1n) is 5.17. The highest BCUT2D eigenvalue weighted by atomic mass is 79.9. The first kappa shape index (κ1) is 12.5. The van der Waals surface area contributed by atoms with Crippen LogP contribution in [-0.4, -0.2) is 9.91 Å². The molecule has 0 unspecified atom stereocenters. The molecule has 5 nitrogen and oxygen atoms in total. The van der Waals surface area contributed by atoms with Crippen molar-refractivity contribution in [3.05, 3.63) is 50.5 Å². The van der Waals surface area contributed by atoms with Crippen LogP contribution in [0, 0.1) is 17.0 Å². The van der Waals surface area contributed by atoms with Gasteiger partial charge in [-0.3, -0.25) is 10.1 Å². The lowest BCUT2D eigenvalue weighted by atomic mass is 10.1. The van der Waals surface area contributed by atoms with Crippen molar-refractivity contribution < 1.29 is 4.92 Å². The molecule has 0 atom stereocenters. The Morgan fingerprint density at radius 2 is 2.06 bits per heavy atom. The number of aryl methyl sites for hydroxylation is 1. The fourth-order valence-corrected chi connectivity index (χ4v) is 2.19. The standard InChI is InChI=1S/C12H10BrN3O2/c1-7-4-2-3-5-8(7)11-9(13)6-10(16(17)18)12(14)15-11/h2-6H,1H3,(H2,14,15). The van der Waals surface area contributed by atoms with Gasteiger partial charge in [-0.05, 0) is 28.4 Å². The summed E-state index contributed by atoms with van der Waals surface area (Å²) in [4.78, 5) is 14.3. The summed E-state index contributed by atoms with van der Waals surface area (Å²) in [5, 5.41) is 10.8. The van der Waals surface area contributed by atoms with E-state index in [9.17, 15) is 10.1 Å². The number of benzene rings is 1. The maximum absolute atomic E-state index is 10.8. The molecule has 2 N–H and O–H groups in total. The van der Waals surface area contributed by atoms with Gasteiger partial charge in [-0.15, -0.1) is 0 Å². The first-order chi connectivity index (χ1) is 8.50. The number of hydrogen-bond donors (Lipinski definition) is 1. The lowest BCUT2D eigenvalue weighted by Gasteiger charge is -2.08. The topological polar surface area (TPSA) is 82.0 Å². The van der Waals surface area contributed by atoms with Crippen LogP contribution in [0.15, 0.2) is 34.8 Å². The van der Waals surface area contributed by atoms with Crippen LogP contribution in [0.2, 0.25) is 0 Å². The minimum Gasteiger partial charge on any atom is -0.378 e. The largest absolute Gasteiger partial charge is 0.378 e. The molecule has 0 fully saturated rings. The predicted molar refractivity (Wildman–Crippen MR) is 73.2 cm³/mol. The van der Waals surface area contributed by atoms with Gasteiger partial charge in [0.15, 0.2) is 0 Å². The quantitative estimate of drug-likeness (QED) is 0.681. The van der Waals surface area contributed by atoms with Crippen LogP contribution in [0.4, 0.5) is 11.5 Å². The van der Waals surface area contributed by atoms with Crippen LogP contribution >= 0.6 is 15.9 Å². The van der Waals surface area contributed by atoms with Crippen molar-refractivity contribution in [2.24, 2.45) is 0 Å². The second-order valence-corrected chi connectivity index (χ2v) is 4.65. The van der Waals surface area contributed by atoms with Crippen molar-refractivity contribution in [1.82, 2.24) is 4.98 Å². The number of nitrogens with zero attached hydrogens (tertiary/aromatic N) is 2. The van der Waals surface area contributed by atoms with Gasteiger partial charge in [0, 0.05) is 11.6 Å². The molecule has 0 saturated heterocycles. The average molecular weight is 308 g/mol. The lowest BCUT2D eigenvalue weighted by molar-refractivity contribution is -0.384. The summed E-state index contributed by atoms with van der Waals surface area (Å²) in [5.41, 5.74) is 7.94. The molecule has 0 amide bonds. The number of hydrogen-bond acceptors (Lipinski definition) is 4. The van der Waals surface area contributed by atoms with Crippen molar-refractivity contribution in [2.75, 3.05) is 5.73 Å². The molecule has 2 rings (SSSR count). The smallest absolute Gasteiger partial charge is 0.312 e. The zero-order chi connectivity index (χ0) is 13.3. The number of aromatic nitrogens is 1. The molecule has 6 heteroatoms. The van der Waals surface area contributed by atoms with Crippen LogP contribution in [-0.2, 0) is 0 Å². The van der Waals surface area contributed by atoms with Gasteiger partial charge < -0.3 is 5.73 Å². The van der Waals surface area contributed by atoms with E-state index in [2.05, 4.69) is 20.9 Å². The van der Waals surface area contributed by atoms with Gasteiger partial charge in [-0.1, -0.05) is 24.3 Å². The van der Waals surface area contributed by atoms with Gasteiger partial charge >= 0.3 is 5.69 Å². The minimum atomic E-state index is -0.547. The van der Waals surface area contributed by atoms with E-state index in [-0.39, 0.29) is 11.5 Å². The molecule has 0 bridgehead atoms. The third-order valence-corrected chi connectivity index (χ3v) is 3.19. The Hall–Kier alpha value is -1.95. The van der Waals surface area contributed by atoms with E-state index in [1.165, 1.54) is 6.07 Å². The maximum Gasteiger partial charge on any atom is 0.312 e. The van der Waals surface area contributed by atoms with E-state index in [0.717, 1.165) is 11.1 Å². The molecule has 18 heavy (non-hydrogen) atoms. The van der Waals surface area contributed by atoms with E-state index < -0.39 is 4.92 Å². The zero-order valence-electron chi connectivity index (χ0n) is 9.55. The van der Waals surface area contributed by atoms with Crippen molar-refractivity contribution >= 4 is 27.4 Å². The Labute approximate surface area is 112 Å². The minimum absolute atomic E-state index is 0.0820.